The van der Waals surface area contributed by atoms with Gasteiger partial charge in [-0.2, -0.15) is 5.10 Å². The minimum Gasteiger partial charge on any atom is -0.462 e. The van der Waals surface area contributed by atoms with E-state index in [4.69, 9.17) is 4.74 Å². The van der Waals surface area contributed by atoms with Crippen LogP contribution in [0.3, 0.4) is 0 Å². The number of rotatable bonds is 3. The van der Waals surface area contributed by atoms with Gasteiger partial charge in [-0.25, -0.2) is 4.79 Å². The predicted octanol–water partition coefficient (Wildman–Crippen LogP) is 0.845. The second-order valence-corrected chi connectivity index (χ2v) is 6.74. The molecule has 0 bridgehead atoms. The Morgan fingerprint density at radius 3 is 2.67 bits per heavy atom. The van der Waals surface area contributed by atoms with Crippen LogP contribution in [0, 0.1) is 0 Å². The monoisotopic (exact) mass is 230 g/mol. The third-order valence-corrected chi connectivity index (χ3v) is 3.17. The van der Waals surface area contributed by atoms with Crippen LogP contribution in [0.1, 0.15) is 17.3 Å². The summed E-state index contributed by atoms with van der Waals surface area (Å²) in [6.45, 7) is 5.19. The third kappa shape index (κ3) is 2.69. The number of carbonyl (C=O) groups excluding carboxylic acids is 1. The topological polar surface area (TPSA) is 61.2 Å². The Bertz CT molecular complexity index is 419. The summed E-state index contributed by atoms with van der Waals surface area (Å²) >= 11 is 0. The van der Waals surface area contributed by atoms with Crippen molar-refractivity contribution in [2.75, 3.05) is 19.9 Å². The van der Waals surface area contributed by atoms with Crippen LogP contribution in [-0.2, 0) is 16.3 Å². The Morgan fingerprint density at radius 1 is 1.60 bits per heavy atom. The molecule has 0 fully saturated rings. The van der Waals surface area contributed by atoms with E-state index in [0.29, 0.717) is 17.6 Å². The highest BCUT2D eigenvalue weighted by atomic mass is 31.2. The first-order valence-electron chi connectivity index (χ1n) is 4.62. The van der Waals surface area contributed by atoms with E-state index in [1.165, 1.54) is 10.9 Å². The van der Waals surface area contributed by atoms with Crippen LogP contribution in [-0.4, -0.2) is 35.7 Å². The molecule has 1 rings (SSSR count). The third-order valence-electron chi connectivity index (χ3n) is 1.81. The van der Waals surface area contributed by atoms with Crippen molar-refractivity contribution < 1.29 is 14.1 Å². The first kappa shape index (κ1) is 12.0. The SMILES string of the molecule is CCOC(=O)c1cn(C)nc1P(C)(C)=O. The van der Waals surface area contributed by atoms with Crippen LogP contribution in [0.15, 0.2) is 6.20 Å². The summed E-state index contributed by atoms with van der Waals surface area (Å²) < 4.78 is 18.2. The van der Waals surface area contributed by atoms with Gasteiger partial charge in [-0.3, -0.25) is 4.68 Å². The Labute approximate surface area is 88.8 Å². The number of nitrogens with zero attached hydrogens (tertiary/aromatic N) is 2. The molecule has 5 nitrogen and oxygen atoms in total. The number of ether oxygens (including phenoxy) is 1. The van der Waals surface area contributed by atoms with Gasteiger partial charge < -0.3 is 9.30 Å². The molecule has 0 atom stereocenters. The second-order valence-electron chi connectivity index (χ2n) is 3.61. The molecule has 0 radical (unpaired) electrons. The zero-order valence-electron chi connectivity index (χ0n) is 9.35. The van der Waals surface area contributed by atoms with Gasteiger partial charge in [-0.15, -0.1) is 0 Å². The molecule has 0 aliphatic rings. The summed E-state index contributed by atoms with van der Waals surface area (Å²) in [5, 5.41) is 4.04. The maximum absolute atomic E-state index is 11.9. The molecule has 0 amide bonds. The molecule has 6 heteroatoms. The zero-order chi connectivity index (χ0) is 11.6. The Balaban J connectivity index is 3.18. The molecule has 0 aromatic carbocycles. The van der Waals surface area contributed by atoms with E-state index in [9.17, 15) is 9.36 Å². The zero-order valence-corrected chi connectivity index (χ0v) is 10.2. The summed E-state index contributed by atoms with van der Waals surface area (Å²) in [6, 6.07) is 0. The minimum atomic E-state index is -2.55. The van der Waals surface area contributed by atoms with Crippen molar-refractivity contribution in [3.63, 3.8) is 0 Å². The molecule has 0 unspecified atom stereocenters. The Kier molecular flexibility index (Phi) is 3.35. The molecule has 0 spiro atoms. The Hall–Kier alpha value is -1.09. The van der Waals surface area contributed by atoms with Crippen molar-refractivity contribution >= 4 is 18.5 Å². The molecule has 15 heavy (non-hydrogen) atoms. The molecule has 0 saturated heterocycles. The number of carbonyl (C=O) groups is 1. The molecule has 0 aliphatic carbocycles. The van der Waals surface area contributed by atoms with Gasteiger partial charge in [0.15, 0.2) is 0 Å². The average molecular weight is 230 g/mol. The maximum Gasteiger partial charge on any atom is 0.342 e. The number of aryl methyl sites for hydroxylation is 1. The van der Waals surface area contributed by atoms with Crippen LogP contribution >= 0.6 is 7.14 Å². The van der Waals surface area contributed by atoms with Gasteiger partial charge in [0.2, 0.25) is 0 Å². The van der Waals surface area contributed by atoms with Crippen LogP contribution in [0.25, 0.3) is 0 Å². The van der Waals surface area contributed by atoms with E-state index in [2.05, 4.69) is 5.10 Å². The van der Waals surface area contributed by atoms with Gasteiger partial charge in [0.1, 0.15) is 18.1 Å². The fourth-order valence-electron chi connectivity index (χ4n) is 1.23. The van der Waals surface area contributed by atoms with Crippen LogP contribution in [0.2, 0.25) is 0 Å². The lowest BCUT2D eigenvalue weighted by molar-refractivity contribution is 0.0527. The molecule has 1 heterocycles. The van der Waals surface area contributed by atoms with E-state index in [0.717, 1.165) is 0 Å². The van der Waals surface area contributed by atoms with Gasteiger partial charge in [-0.1, -0.05) is 0 Å². The van der Waals surface area contributed by atoms with Crippen LogP contribution in [0.4, 0.5) is 0 Å². The van der Waals surface area contributed by atoms with Crippen molar-refractivity contribution in [2.45, 2.75) is 6.92 Å². The van der Waals surface area contributed by atoms with E-state index >= 15 is 0 Å². The van der Waals surface area contributed by atoms with Gasteiger partial charge in [0.25, 0.3) is 0 Å². The lowest BCUT2D eigenvalue weighted by atomic mass is 10.4. The highest BCUT2D eigenvalue weighted by molar-refractivity contribution is 7.70. The summed E-state index contributed by atoms with van der Waals surface area (Å²) in [6.07, 6.45) is 1.53. The lowest BCUT2D eigenvalue weighted by Gasteiger charge is -2.05. The summed E-state index contributed by atoms with van der Waals surface area (Å²) in [7, 11) is -0.863. The van der Waals surface area contributed by atoms with Gasteiger partial charge in [0, 0.05) is 13.2 Å². The molecular weight excluding hydrogens is 215 g/mol. The first-order valence-corrected chi connectivity index (χ1v) is 7.22. The Morgan fingerprint density at radius 2 is 2.20 bits per heavy atom. The van der Waals surface area contributed by atoms with Crippen molar-refractivity contribution in [1.82, 2.24) is 9.78 Å². The van der Waals surface area contributed by atoms with Gasteiger partial charge >= 0.3 is 5.97 Å². The van der Waals surface area contributed by atoms with Crippen LogP contribution in [0.5, 0.6) is 0 Å². The van der Waals surface area contributed by atoms with Crippen molar-refractivity contribution in [3.8, 4) is 0 Å². The predicted molar refractivity (Wildman–Crippen MR) is 58.3 cm³/mol. The van der Waals surface area contributed by atoms with Crippen molar-refractivity contribution in [2.24, 2.45) is 7.05 Å². The van der Waals surface area contributed by atoms with E-state index in [1.807, 2.05) is 0 Å². The molecule has 0 aliphatic heterocycles. The maximum atomic E-state index is 11.9. The van der Waals surface area contributed by atoms with Crippen LogP contribution < -0.4 is 5.44 Å². The van der Waals surface area contributed by atoms with E-state index < -0.39 is 13.1 Å². The number of esters is 1. The number of hydrogen-bond donors (Lipinski definition) is 0. The summed E-state index contributed by atoms with van der Waals surface area (Å²) in [4.78, 5) is 11.5. The highest BCUT2D eigenvalue weighted by Crippen LogP contribution is 2.35. The lowest BCUT2D eigenvalue weighted by Crippen LogP contribution is -2.17. The fourth-order valence-corrected chi connectivity index (χ4v) is 2.31. The first-order chi connectivity index (χ1) is 6.86. The smallest absolute Gasteiger partial charge is 0.342 e. The summed E-state index contributed by atoms with van der Waals surface area (Å²) in [5.74, 6) is -0.468. The molecule has 0 N–H and O–H groups in total. The molecular formula is C9H15N2O3P. The molecule has 84 valence electrons. The standard InChI is InChI=1S/C9H15N2O3P/c1-5-14-9(12)7-6-11(2)10-8(7)15(3,4)13/h6H,5H2,1-4H3. The normalized spacial score (nSPS) is 11.5. The highest BCUT2D eigenvalue weighted by Gasteiger charge is 2.25. The number of aromatic nitrogens is 2. The second kappa shape index (κ2) is 4.19. The number of hydrogen-bond acceptors (Lipinski definition) is 4. The molecule has 1 aromatic heterocycles. The van der Waals surface area contributed by atoms with Crippen molar-refractivity contribution in [3.05, 3.63) is 11.8 Å². The minimum absolute atomic E-state index is 0.297. The van der Waals surface area contributed by atoms with E-state index in [-0.39, 0.29) is 0 Å². The van der Waals surface area contributed by atoms with Gasteiger partial charge in [-0.05, 0) is 20.3 Å². The molecule has 1 aromatic rings. The largest absolute Gasteiger partial charge is 0.462 e. The fraction of sp³-hybridized carbons (Fsp3) is 0.556. The van der Waals surface area contributed by atoms with Crippen molar-refractivity contribution in [1.29, 1.82) is 0 Å². The average Bonchev–Trinajstić information content (AvgIpc) is 2.47. The van der Waals surface area contributed by atoms with E-state index in [1.54, 1.807) is 27.3 Å². The molecule has 0 saturated carbocycles. The summed E-state index contributed by atoms with van der Waals surface area (Å²) in [5.41, 5.74) is 0.635. The quantitative estimate of drug-likeness (QED) is 0.570. The van der Waals surface area contributed by atoms with Gasteiger partial charge in [0.05, 0.1) is 6.61 Å².